The van der Waals surface area contributed by atoms with Crippen LogP contribution in [0.4, 0.5) is 0 Å². The summed E-state index contributed by atoms with van der Waals surface area (Å²) in [5.74, 6) is 2.42. The van der Waals surface area contributed by atoms with Crippen molar-refractivity contribution < 1.29 is 9.84 Å². The first-order chi connectivity index (χ1) is 8.79. The Morgan fingerprint density at radius 3 is 3.00 bits per heavy atom. The minimum atomic E-state index is 0.160. The molecule has 0 radical (unpaired) electrons. The van der Waals surface area contributed by atoms with E-state index >= 15 is 0 Å². The van der Waals surface area contributed by atoms with Gasteiger partial charge in [0.05, 0.1) is 12.2 Å². The van der Waals surface area contributed by atoms with Gasteiger partial charge in [-0.05, 0) is 38.0 Å². The van der Waals surface area contributed by atoms with Crippen LogP contribution in [0.3, 0.4) is 0 Å². The third kappa shape index (κ3) is 3.62. The average molecular weight is 273 g/mol. The topological polar surface area (TPSA) is 32.7 Å². The Balaban J connectivity index is 1.91. The summed E-state index contributed by atoms with van der Waals surface area (Å²) in [7, 11) is 0. The normalized spacial score (nSPS) is 32.5. The van der Waals surface area contributed by atoms with Crippen molar-refractivity contribution in [1.82, 2.24) is 4.90 Å². The molecule has 2 unspecified atom stereocenters. The van der Waals surface area contributed by atoms with E-state index in [1.54, 1.807) is 0 Å². The van der Waals surface area contributed by atoms with Crippen LogP contribution in [0.2, 0.25) is 0 Å². The molecule has 0 aromatic rings. The van der Waals surface area contributed by atoms with Crippen molar-refractivity contribution in [3.8, 4) is 0 Å². The molecule has 0 aliphatic carbocycles. The molecular weight excluding hydrogens is 246 g/mol. The summed E-state index contributed by atoms with van der Waals surface area (Å²) in [6, 6.07) is 0.621. The van der Waals surface area contributed by atoms with Crippen molar-refractivity contribution in [2.24, 2.45) is 0 Å². The molecule has 18 heavy (non-hydrogen) atoms. The van der Waals surface area contributed by atoms with Crippen LogP contribution < -0.4 is 0 Å². The lowest BCUT2D eigenvalue weighted by Crippen LogP contribution is -2.49. The highest BCUT2D eigenvalue weighted by Crippen LogP contribution is 2.39. The van der Waals surface area contributed by atoms with Gasteiger partial charge < -0.3 is 9.84 Å². The van der Waals surface area contributed by atoms with E-state index < -0.39 is 0 Å². The number of unbranched alkanes of at least 4 members (excludes halogenated alkanes) is 1. The third-order valence-electron chi connectivity index (χ3n) is 4.24. The molecule has 0 saturated carbocycles. The Bertz CT molecular complexity index is 244. The van der Waals surface area contributed by atoms with E-state index in [0.29, 0.717) is 6.04 Å². The largest absolute Gasteiger partial charge is 0.395 e. The molecule has 4 heteroatoms. The number of hydrogen-bond acceptors (Lipinski definition) is 4. The van der Waals surface area contributed by atoms with Crippen LogP contribution in [0.25, 0.3) is 0 Å². The Morgan fingerprint density at radius 2 is 2.33 bits per heavy atom. The van der Waals surface area contributed by atoms with E-state index in [4.69, 9.17) is 4.74 Å². The van der Waals surface area contributed by atoms with E-state index in [1.165, 1.54) is 37.2 Å². The number of nitrogens with zero attached hydrogens (tertiary/aromatic N) is 1. The molecule has 2 heterocycles. The molecule has 0 bridgehead atoms. The third-order valence-corrected chi connectivity index (χ3v) is 5.46. The second-order valence-corrected chi connectivity index (χ2v) is 6.70. The molecule has 2 rings (SSSR count). The molecule has 0 amide bonds. The van der Waals surface area contributed by atoms with Gasteiger partial charge in [-0.3, -0.25) is 4.90 Å². The lowest BCUT2D eigenvalue weighted by atomic mass is 9.89. The molecule has 2 atom stereocenters. The van der Waals surface area contributed by atoms with E-state index in [2.05, 4.69) is 11.8 Å². The molecule has 2 aliphatic heterocycles. The fraction of sp³-hybridized carbons (Fsp3) is 1.00. The summed E-state index contributed by atoms with van der Waals surface area (Å²) in [6.07, 6.45) is 5.99. The molecular formula is C14H27NO2S. The SMILES string of the molecule is CCCCN(CCO)C1CCOC2(CCSC2)C1. The Labute approximate surface area is 115 Å². The fourth-order valence-corrected chi connectivity index (χ4v) is 4.52. The van der Waals surface area contributed by atoms with E-state index in [0.717, 1.165) is 26.1 Å². The van der Waals surface area contributed by atoms with Crippen molar-refractivity contribution in [2.75, 3.05) is 37.8 Å². The maximum Gasteiger partial charge on any atom is 0.0795 e. The van der Waals surface area contributed by atoms with Gasteiger partial charge in [-0.15, -0.1) is 0 Å². The first kappa shape index (κ1) is 14.6. The molecule has 2 saturated heterocycles. The van der Waals surface area contributed by atoms with Gasteiger partial charge in [-0.2, -0.15) is 11.8 Å². The van der Waals surface area contributed by atoms with Crippen molar-refractivity contribution >= 4 is 11.8 Å². The highest BCUT2D eigenvalue weighted by Gasteiger charge is 2.41. The number of aliphatic hydroxyl groups is 1. The maximum absolute atomic E-state index is 9.25. The van der Waals surface area contributed by atoms with Gasteiger partial charge in [-0.1, -0.05) is 13.3 Å². The van der Waals surface area contributed by atoms with E-state index in [9.17, 15) is 5.11 Å². The standard InChI is InChI=1S/C14H27NO2S/c1-2-3-6-15(7-8-16)13-4-9-17-14(11-13)5-10-18-12-14/h13,16H,2-12H2,1H3. The van der Waals surface area contributed by atoms with Gasteiger partial charge in [0.25, 0.3) is 0 Å². The molecule has 2 fully saturated rings. The fourth-order valence-electron chi connectivity index (χ4n) is 3.14. The average Bonchev–Trinajstić information content (AvgIpc) is 2.82. The van der Waals surface area contributed by atoms with Crippen molar-refractivity contribution in [3.05, 3.63) is 0 Å². The quantitative estimate of drug-likeness (QED) is 0.804. The van der Waals surface area contributed by atoms with Gasteiger partial charge in [-0.25, -0.2) is 0 Å². The Hall–Kier alpha value is 0.230. The molecule has 2 aliphatic rings. The second kappa shape index (κ2) is 7.13. The molecule has 1 spiro atoms. The zero-order chi connectivity index (χ0) is 12.8. The van der Waals surface area contributed by atoms with Gasteiger partial charge >= 0.3 is 0 Å². The summed E-state index contributed by atoms with van der Waals surface area (Å²) in [4.78, 5) is 2.50. The number of ether oxygens (including phenoxy) is 1. The zero-order valence-corrected chi connectivity index (χ0v) is 12.4. The predicted octanol–water partition coefficient (Wildman–Crippen LogP) is 2.14. The van der Waals surface area contributed by atoms with Crippen LogP contribution >= 0.6 is 11.8 Å². The summed E-state index contributed by atoms with van der Waals surface area (Å²) in [5.41, 5.74) is 0.160. The Morgan fingerprint density at radius 1 is 1.44 bits per heavy atom. The smallest absolute Gasteiger partial charge is 0.0795 e. The summed E-state index contributed by atoms with van der Waals surface area (Å²) in [5, 5.41) is 9.25. The maximum atomic E-state index is 9.25. The van der Waals surface area contributed by atoms with Crippen molar-refractivity contribution in [1.29, 1.82) is 0 Å². The lowest BCUT2D eigenvalue weighted by Gasteiger charge is -2.42. The highest BCUT2D eigenvalue weighted by atomic mass is 32.2. The molecule has 106 valence electrons. The predicted molar refractivity (Wildman–Crippen MR) is 77.2 cm³/mol. The minimum absolute atomic E-state index is 0.160. The number of aliphatic hydroxyl groups excluding tert-OH is 1. The van der Waals surface area contributed by atoms with Crippen LogP contribution in [0, 0.1) is 0 Å². The highest BCUT2D eigenvalue weighted by molar-refractivity contribution is 7.99. The summed E-state index contributed by atoms with van der Waals surface area (Å²) >= 11 is 2.03. The van der Waals surface area contributed by atoms with Gasteiger partial charge in [0, 0.05) is 24.9 Å². The van der Waals surface area contributed by atoms with Crippen LogP contribution in [0.5, 0.6) is 0 Å². The molecule has 3 nitrogen and oxygen atoms in total. The van der Waals surface area contributed by atoms with Crippen LogP contribution in [-0.4, -0.2) is 59.5 Å². The first-order valence-corrected chi connectivity index (χ1v) is 8.52. The number of thioether (sulfide) groups is 1. The number of rotatable bonds is 6. The van der Waals surface area contributed by atoms with Crippen molar-refractivity contribution in [3.63, 3.8) is 0 Å². The van der Waals surface area contributed by atoms with Crippen LogP contribution in [-0.2, 0) is 4.74 Å². The molecule has 0 aromatic heterocycles. The van der Waals surface area contributed by atoms with Crippen molar-refractivity contribution in [2.45, 2.75) is 50.7 Å². The van der Waals surface area contributed by atoms with E-state index in [-0.39, 0.29) is 12.2 Å². The lowest BCUT2D eigenvalue weighted by molar-refractivity contribution is -0.0908. The zero-order valence-electron chi connectivity index (χ0n) is 11.6. The first-order valence-electron chi connectivity index (χ1n) is 7.36. The van der Waals surface area contributed by atoms with Crippen LogP contribution in [0.15, 0.2) is 0 Å². The monoisotopic (exact) mass is 273 g/mol. The van der Waals surface area contributed by atoms with Crippen LogP contribution in [0.1, 0.15) is 39.0 Å². The van der Waals surface area contributed by atoms with Gasteiger partial charge in [0.15, 0.2) is 0 Å². The minimum Gasteiger partial charge on any atom is -0.395 e. The second-order valence-electron chi connectivity index (χ2n) is 5.59. The van der Waals surface area contributed by atoms with Gasteiger partial charge in [0.2, 0.25) is 0 Å². The van der Waals surface area contributed by atoms with Gasteiger partial charge in [0.1, 0.15) is 0 Å². The summed E-state index contributed by atoms with van der Waals surface area (Å²) in [6.45, 7) is 5.37. The number of hydrogen-bond donors (Lipinski definition) is 1. The Kier molecular flexibility index (Phi) is 5.80. The molecule has 0 aromatic carbocycles. The summed E-state index contributed by atoms with van der Waals surface area (Å²) < 4.78 is 6.08. The molecule has 1 N–H and O–H groups in total. The van der Waals surface area contributed by atoms with E-state index in [1.807, 2.05) is 11.8 Å².